The number of carbonyl (C=O) groups excluding carboxylic acids is 3. The molecule has 3 aliphatic heterocycles. The molecule has 9 nitrogen and oxygen atoms in total. The second-order valence-electron chi connectivity index (χ2n) is 11.7. The smallest absolute Gasteiger partial charge is 0.257 e. The van der Waals surface area contributed by atoms with Crippen molar-refractivity contribution in [2.45, 2.75) is 76.0 Å². The normalized spacial score (nSPS) is 24.6. The summed E-state index contributed by atoms with van der Waals surface area (Å²) in [5.74, 6) is 0.0715. The number of aryl methyl sites for hydroxylation is 2. The van der Waals surface area contributed by atoms with Crippen molar-refractivity contribution < 1.29 is 28.6 Å². The van der Waals surface area contributed by atoms with Crippen molar-refractivity contribution in [2.24, 2.45) is 5.92 Å². The van der Waals surface area contributed by atoms with Crippen LogP contribution in [0.15, 0.2) is 36.4 Å². The molecule has 2 N–H and O–H groups in total. The van der Waals surface area contributed by atoms with Crippen molar-refractivity contribution in [1.29, 1.82) is 0 Å². The molecule has 4 aliphatic rings. The Morgan fingerprint density at radius 1 is 0.927 bits per heavy atom. The first-order valence-corrected chi connectivity index (χ1v) is 14.9. The fourth-order valence-electron chi connectivity index (χ4n) is 6.54. The van der Waals surface area contributed by atoms with Gasteiger partial charge in [0.1, 0.15) is 18.5 Å². The Hall–Kier alpha value is -3.43. The first-order chi connectivity index (χ1) is 19.9. The number of rotatable bonds is 5. The topological polar surface area (TPSA) is 106 Å². The van der Waals surface area contributed by atoms with Gasteiger partial charge in [-0.3, -0.25) is 14.4 Å². The minimum Gasteiger partial charge on any atom is -0.490 e. The van der Waals surface area contributed by atoms with Crippen LogP contribution in [0.4, 0.5) is 11.4 Å². The Kier molecular flexibility index (Phi) is 8.25. The number of fused-ring (bicyclic) bond motifs is 3. The molecular weight excluding hydrogens is 522 g/mol. The zero-order chi connectivity index (χ0) is 28.3. The average Bonchev–Trinajstić information content (AvgIpc) is 2.99. The third-order valence-electron chi connectivity index (χ3n) is 8.92. The molecule has 6 rings (SSSR count). The number of benzene rings is 2. The van der Waals surface area contributed by atoms with E-state index in [2.05, 4.69) is 22.8 Å². The van der Waals surface area contributed by atoms with E-state index in [1.165, 1.54) is 24.0 Å². The molecule has 218 valence electrons. The van der Waals surface area contributed by atoms with Crippen LogP contribution in [0.5, 0.6) is 5.75 Å². The van der Waals surface area contributed by atoms with Crippen LogP contribution in [0.25, 0.3) is 0 Å². The van der Waals surface area contributed by atoms with E-state index >= 15 is 0 Å². The fourth-order valence-corrected chi connectivity index (χ4v) is 6.54. The average molecular weight is 562 g/mol. The minimum atomic E-state index is -0.347. The fraction of sp³-hybridized carbons (Fsp3) is 0.531. The molecule has 0 radical (unpaired) electrons. The number of hydrogen-bond donors (Lipinski definition) is 2. The van der Waals surface area contributed by atoms with Crippen molar-refractivity contribution in [3.63, 3.8) is 0 Å². The molecule has 2 saturated heterocycles. The van der Waals surface area contributed by atoms with Crippen LogP contribution in [0.3, 0.4) is 0 Å². The summed E-state index contributed by atoms with van der Waals surface area (Å²) in [5, 5.41) is 6.01. The third-order valence-corrected chi connectivity index (χ3v) is 8.92. The van der Waals surface area contributed by atoms with Gasteiger partial charge in [0, 0.05) is 37.6 Å². The molecule has 0 unspecified atom stereocenters. The minimum absolute atomic E-state index is 0.0525. The molecule has 9 heteroatoms. The highest BCUT2D eigenvalue weighted by atomic mass is 16.5. The highest BCUT2D eigenvalue weighted by Crippen LogP contribution is 2.33. The van der Waals surface area contributed by atoms with Crippen LogP contribution in [0.1, 0.15) is 66.4 Å². The van der Waals surface area contributed by atoms with Gasteiger partial charge in [0.2, 0.25) is 11.8 Å². The van der Waals surface area contributed by atoms with Crippen LogP contribution in [-0.4, -0.2) is 67.7 Å². The van der Waals surface area contributed by atoms with E-state index in [4.69, 9.17) is 14.2 Å². The maximum atomic E-state index is 13.5. The lowest BCUT2D eigenvalue weighted by Gasteiger charge is -2.42. The lowest BCUT2D eigenvalue weighted by atomic mass is 9.91. The molecule has 3 atom stereocenters. The van der Waals surface area contributed by atoms with E-state index in [1.807, 2.05) is 6.07 Å². The molecule has 2 fully saturated rings. The number of nitrogens with zero attached hydrogens (tertiary/aromatic N) is 1. The molecular formula is C32H39N3O6. The summed E-state index contributed by atoms with van der Waals surface area (Å²) < 4.78 is 17.8. The van der Waals surface area contributed by atoms with Gasteiger partial charge in [-0.25, -0.2) is 0 Å². The summed E-state index contributed by atoms with van der Waals surface area (Å²) in [7, 11) is 1.79. The predicted octanol–water partition coefficient (Wildman–Crippen LogP) is 4.34. The Labute approximate surface area is 240 Å². The monoisotopic (exact) mass is 561 g/mol. The van der Waals surface area contributed by atoms with Crippen molar-refractivity contribution in [1.82, 2.24) is 4.90 Å². The Balaban J connectivity index is 1.08. The second-order valence-corrected chi connectivity index (χ2v) is 11.7. The van der Waals surface area contributed by atoms with Gasteiger partial charge in [0.05, 0.1) is 24.1 Å². The maximum absolute atomic E-state index is 13.5. The summed E-state index contributed by atoms with van der Waals surface area (Å²) in [5.41, 5.74) is 4.55. The van der Waals surface area contributed by atoms with Crippen molar-refractivity contribution in [3.8, 4) is 5.75 Å². The number of amides is 3. The lowest BCUT2D eigenvalue weighted by Crippen LogP contribution is -2.53. The zero-order valence-electron chi connectivity index (χ0n) is 23.7. The molecule has 2 aromatic rings. The van der Waals surface area contributed by atoms with Gasteiger partial charge in [-0.15, -0.1) is 0 Å². The Bertz CT molecular complexity index is 1310. The van der Waals surface area contributed by atoms with Gasteiger partial charge < -0.3 is 29.7 Å². The number of carbonyl (C=O) groups is 3. The molecule has 0 saturated carbocycles. The van der Waals surface area contributed by atoms with Crippen LogP contribution >= 0.6 is 0 Å². The molecule has 0 bridgehead atoms. The number of hydrogen-bond acceptors (Lipinski definition) is 6. The molecule has 1 aliphatic carbocycles. The van der Waals surface area contributed by atoms with Gasteiger partial charge in [0.25, 0.3) is 5.91 Å². The number of nitrogens with one attached hydrogen (secondary N) is 2. The first kappa shape index (κ1) is 27.7. The Morgan fingerprint density at radius 2 is 1.68 bits per heavy atom. The predicted molar refractivity (Wildman–Crippen MR) is 154 cm³/mol. The quantitative estimate of drug-likeness (QED) is 0.563. The molecule has 2 aromatic carbocycles. The largest absolute Gasteiger partial charge is 0.490 e. The third kappa shape index (κ3) is 6.26. The second kappa shape index (κ2) is 12.2. The highest BCUT2D eigenvalue weighted by Gasteiger charge is 2.39. The van der Waals surface area contributed by atoms with Gasteiger partial charge >= 0.3 is 0 Å². The van der Waals surface area contributed by atoms with Crippen molar-refractivity contribution in [2.75, 3.05) is 37.5 Å². The van der Waals surface area contributed by atoms with E-state index in [9.17, 15) is 14.4 Å². The van der Waals surface area contributed by atoms with Crippen molar-refractivity contribution >= 4 is 29.1 Å². The van der Waals surface area contributed by atoms with Crippen LogP contribution in [-0.2, 0) is 31.9 Å². The zero-order valence-corrected chi connectivity index (χ0v) is 23.7. The van der Waals surface area contributed by atoms with E-state index < -0.39 is 0 Å². The number of anilines is 2. The van der Waals surface area contributed by atoms with E-state index in [0.29, 0.717) is 55.9 Å². The highest BCUT2D eigenvalue weighted by molar-refractivity contribution is 6.00. The van der Waals surface area contributed by atoms with Gasteiger partial charge in [0.15, 0.2) is 0 Å². The summed E-state index contributed by atoms with van der Waals surface area (Å²) >= 11 is 0. The summed E-state index contributed by atoms with van der Waals surface area (Å²) in [6, 6.07) is 11.2. The first-order valence-electron chi connectivity index (χ1n) is 14.9. The molecule has 3 heterocycles. The standard InChI is InChI=1S/C32H39N3O6/c1-35-27-10-9-25(18-30(36)33-23-7-6-20-4-2-3-5-22(20)16-23)41-29(27)19-40-28-11-8-24(17-26(28)32(35)38)34-31(37)21-12-14-39-15-13-21/h6-8,11,16-17,21,25,27,29H,2-5,9-10,12-15,18-19H2,1H3,(H,33,36)(H,34,37)/t25-,27+,29-/m1/s1. The number of ether oxygens (including phenoxy) is 3. The molecule has 41 heavy (non-hydrogen) atoms. The van der Waals surface area contributed by atoms with Crippen LogP contribution in [0, 0.1) is 5.92 Å². The number of likely N-dealkylation sites (N-methyl/N-ethyl adjacent to an activating group) is 1. The van der Waals surface area contributed by atoms with Gasteiger partial charge in [-0.05, 0) is 92.8 Å². The summed E-state index contributed by atoms with van der Waals surface area (Å²) in [4.78, 5) is 40.9. The summed E-state index contributed by atoms with van der Waals surface area (Å²) in [6.07, 6.45) is 7.03. The Morgan fingerprint density at radius 3 is 2.51 bits per heavy atom. The van der Waals surface area contributed by atoms with E-state index in [-0.39, 0.29) is 54.9 Å². The van der Waals surface area contributed by atoms with E-state index in [1.54, 1.807) is 30.1 Å². The summed E-state index contributed by atoms with van der Waals surface area (Å²) in [6.45, 7) is 1.44. The lowest BCUT2D eigenvalue weighted by molar-refractivity contribution is -0.130. The molecule has 3 amide bonds. The molecule has 0 spiro atoms. The van der Waals surface area contributed by atoms with Crippen LogP contribution in [0.2, 0.25) is 0 Å². The SMILES string of the molecule is CN1C(=O)c2cc(NC(=O)C3CCOCC3)ccc2OC[C@H]2O[C@@H](CC(=O)Nc3ccc4c(c3)CCCC4)CC[C@@H]21. The van der Waals surface area contributed by atoms with E-state index in [0.717, 1.165) is 18.5 Å². The maximum Gasteiger partial charge on any atom is 0.257 e. The van der Waals surface area contributed by atoms with Crippen LogP contribution < -0.4 is 15.4 Å². The molecule has 0 aromatic heterocycles. The van der Waals surface area contributed by atoms with Crippen molar-refractivity contribution in [3.05, 3.63) is 53.1 Å². The van der Waals surface area contributed by atoms with Gasteiger partial charge in [-0.1, -0.05) is 6.07 Å². The van der Waals surface area contributed by atoms with Gasteiger partial charge in [-0.2, -0.15) is 0 Å².